The van der Waals surface area contributed by atoms with Crippen LogP contribution in [0.15, 0.2) is 81.6 Å². The summed E-state index contributed by atoms with van der Waals surface area (Å²) >= 11 is 12.1. The summed E-state index contributed by atoms with van der Waals surface area (Å²) in [4.78, 5) is 52.6. The van der Waals surface area contributed by atoms with Gasteiger partial charge in [0.15, 0.2) is 0 Å². The smallest absolute Gasteiger partial charge is 0.376 e. The third-order valence-electron chi connectivity index (χ3n) is 8.76. The molecule has 262 valence electrons. The van der Waals surface area contributed by atoms with Crippen LogP contribution in [-0.4, -0.2) is 65.2 Å². The Morgan fingerprint density at radius 1 is 1.12 bits per heavy atom. The Kier molecular flexibility index (Phi) is 10.9. The highest BCUT2D eigenvalue weighted by atomic mass is 35.5. The summed E-state index contributed by atoms with van der Waals surface area (Å²) < 4.78 is 12.4. The van der Waals surface area contributed by atoms with Gasteiger partial charge in [-0.3, -0.25) is 14.2 Å². The van der Waals surface area contributed by atoms with E-state index in [2.05, 4.69) is 20.5 Å². The summed E-state index contributed by atoms with van der Waals surface area (Å²) in [6.45, 7) is 3.74. The highest BCUT2D eigenvalue weighted by Crippen LogP contribution is 2.32. The molecular formula is C35H38Cl2N8O5. The number of nitrogens with two attached hydrogens (primary N) is 1. The van der Waals surface area contributed by atoms with Crippen LogP contribution >= 0.6 is 23.2 Å². The predicted octanol–water partition coefficient (Wildman–Crippen LogP) is 5.11. The first-order chi connectivity index (χ1) is 24.2. The van der Waals surface area contributed by atoms with Gasteiger partial charge < -0.3 is 35.3 Å². The lowest BCUT2D eigenvalue weighted by Gasteiger charge is -2.41. The molecule has 2 aromatic heterocycles. The van der Waals surface area contributed by atoms with Gasteiger partial charge in [-0.15, -0.1) is 0 Å². The van der Waals surface area contributed by atoms with Crippen molar-refractivity contribution in [1.29, 1.82) is 0 Å². The Morgan fingerprint density at radius 3 is 2.78 bits per heavy atom. The van der Waals surface area contributed by atoms with Gasteiger partial charge in [0.25, 0.3) is 11.6 Å². The molecule has 1 saturated heterocycles. The van der Waals surface area contributed by atoms with E-state index in [1.807, 2.05) is 29.2 Å². The molecule has 2 atom stereocenters. The summed E-state index contributed by atoms with van der Waals surface area (Å²) in [7, 11) is 0. The van der Waals surface area contributed by atoms with Gasteiger partial charge >= 0.3 is 5.97 Å². The zero-order chi connectivity index (χ0) is 35.2. The maximum absolute atomic E-state index is 13.8. The number of rotatable bonds is 7. The second kappa shape index (κ2) is 15.7. The number of esters is 1. The molecule has 2 bridgehead atoms. The quantitative estimate of drug-likeness (QED) is 0.172. The van der Waals surface area contributed by atoms with E-state index >= 15 is 0 Å². The predicted molar refractivity (Wildman–Crippen MR) is 193 cm³/mol. The molecule has 2 aromatic carbocycles. The van der Waals surface area contributed by atoms with Crippen molar-refractivity contribution in [3.8, 4) is 11.3 Å². The van der Waals surface area contributed by atoms with E-state index in [9.17, 15) is 14.4 Å². The highest BCUT2D eigenvalue weighted by Gasteiger charge is 2.35. The molecular weight excluding hydrogens is 683 g/mol. The van der Waals surface area contributed by atoms with E-state index in [-0.39, 0.29) is 41.0 Å². The first-order valence-corrected chi connectivity index (χ1v) is 17.3. The van der Waals surface area contributed by atoms with E-state index in [4.69, 9.17) is 43.1 Å². The number of oxazole rings is 1. The molecule has 4 N–H and O–H groups in total. The van der Waals surface area contributed by atoms with Gasteiger partial charge in [-0.25, -0.2) is 14.8 Å². The molecule has 0 spiro atoms. The Morgan fingerprint density at radius 2 is 1.98 bits per heavy atom. The molecule has 2 unspecified atom stereocenters. The lowest BCUT2D eigenvalue weighted by Crippen LogP contribution is -2.59. The topological polar surface area (TPSA) is 161 Å². The Balaban J connectivity index is 1.30. The van der Waals surface area contributed by atoms with Crippen molar-refractivity contribution in [1.82, 2.24) is 19.9 Å². The van der Waals surface area contributed by atoms with E-state index in [0.29, 0.717) is 54.6 Å². The van der Waals surface area contributed by atoms with Gasteiger partial charge in [-0.05, 0) is 55.7 Å². The van der Waals surface area contributed by atoms with E-state index in [0.717, 1.165) is 30.5 Å². The lowest BCUT2D eigenvalue weighted by molar-refractivity contribution is -0.122. The number of piperazine rings is 1. The van der Waals surface area contributed by atoms with Gasteiger partial charge in [0.1, 0.15) is 11.2 Å². The average Bonchev–Trinajstić information content (AvgIpc) is 3.61. The fraction of sp³-hybridized carbons (Fsp3) is 0.343. The summed E-state index contributed by atoms with van der Waals surface area (Å²) in [5.74, 6) is -0.682. The van der Waals surface area contributed by atoms with Crippen LogP contribution in [0.2, 0.25) is 5.02 Å². The van der Waals surface area contributed by atoms with Crippen LogP contribution in [0.1, 0.15) is 54.8 Å². The number of hydrogen-bond acceptors (Lipinski definition) is 11. The molecule has 13 nitrogen and oxygen atoms in total. The van der Waals surface area contributed by atoms with Crippen molar-refractivity contribution >= 4 is 52.5 Å². The third kappa shape index (κ3) is 7.89. The van der Waals surface area contributed by atoms with Crippen LogP contribution < -0.4 is 31.7 Å². The normalized spacial score (nSPS) is 18.6. The van der Waals surface area contributed by atoms with Crippen LogP contribution in [0, 0.1) is 0 Å². The molecule has 50 heavy (non-hydrogen) atoms. The number of ether oxygens (including phenoxy) is 1. The standard InChI is InChI=1S/C35H38Cl2N8O5/c1-2-49-34(48)30-18-41-35(50-30)43-13-14-44-24-8-6-7-22(15-24)28(9-4-3-5-12-39-33(47)29(44)20-43)45-21-42-27(17-32(45)46)25-16-23(36)10-11-26(25)40-19-31(37)38/h6-8,10-11,15-19,21,28-29,40H,2-5,9,12-14,20,38H2,1H3,(H,39,47)/b31-19-. The molecule has 1 amide bonds. The minimum atomic E-state index is -0.587. The van der Waals surface area contributed by atoms with Crippen LogP contribution in [0.5, 0.6) is 0 Å². The van der Waals surface area contributed by atoms with Crippen LogP contribution in [0.25, 0.3) is 11.3 Å². The van der Waals surface area contributed by atoms with Gasteiger partial charge in [0.2, 0.25) is 11.7 Å². The number of halogens is 2. The molecule has 6 rings (SSSR count). The third-order valence-corrected chi connectivity index (χ3v) is 9.10. The van der Waals surface area contributed by atoms with E-state index < -0.39 is 12.0 Å². The molecule has 4 heterocycles. The first kappa shape index (κ1) is 34.8. The number of anilines is 3. The Bertz CT molecular complexity index is 1940. The molecule has 1 fully saturated rings. The maximum Gasteiger partial charge on any atom is 0.376 e. The number of benzene rings is 2. The molecule has 15 heteroatoms. The molecule has 0 aliphatic carbocycles. The zero-order valence-electron chi connectivity index (χ0n) is 27.5. The van der Waals surface area contributed by atoms with Gasteiger partial charge in [-0.1, -0.05) is 48.2 Å². The summed E-state index contributed by atoms with van der Waals surface area (Å²) in [6, 6.07) is 14.1. The number of carbonyl (C=O) groups excluding carboxylic acids is 2. The summed E-state index contributed by atoms with van der Waals surface area (Å²) in [5, 5.41) is 6.71. The Labute approximate surface area is 299 Å². The van der Waals surface area contributed by atoms with Crippen molar-refractivity contribution in [3.05, 3.63) is 99.1 Å². The van der Waals surface area contributed by atoms with Crippen LogP contribution in [0.4, 0.5) is 17.4 Å². The van der Waals surface area contributed by atoms with E-state index in [1.165, 1.54) is 18.5 Å². The van der Waals surface area contributed by atoms with Crippen LogP contribution in [0.3, 0.4) is 0 Å². The largest absolute Gasteiger partial charge is 0.460 e. The first-order valence-electron chi connectivity index (χ1n) is 16.5. The molecule has 0 saturated carbocycles. The SMILES string of the molecule is CCOC(=O)c1cnc(N2CCN3c4cccc(c4)C(n4cnc(-c5cc(Cl)ccc5N/C=C(\N)Cl)cc4=O)CCCCCNC(=O)C3C2)o1. The average molecular weight is 722 g/mol. The second-order valence-electron chi connectivity index (χ2n) is 12.0. The Hall–Kier alpha value is -5.01. The van der Waals surface area contributed by atoms with E-state index in [1.54, 1.807) is 36.0 Å². The van der Waals surface area contributed by atoms with Crippen molar-refractivity contribution < 1.29 is 18.7 Å². The van der Waals surface area contributed by atoms with Gasteiger partial charge in [-0.2, -0.15) is 0 Å². The number of fused-ring (bicyclic) bond motifs is 4. The summed E-state index contributed by atoms with van der Waals surface area (Å²) in [5.41, 5.74) is 8.87. The number of amides is 1. The number of nitrogens with one attached hydrogen (secondary N) is 2. The highest BCUT2D eigenvalue weighted by molar-refractivity contribution is 6.31. The van der Waals surface area contributed by atoms with Gasteiger partial charge in [0.05, 0.1) is 37.4 Å². The molecule has 2 aliphatic rings. The number of aromatic nitrogens is 3. The number of nitrogens with zero attached hydrogens (tertiary/aromatic N) is 5. The molecule has 4 aromatic rings. The monoisotopic (exact) mass is 720 g/mol. The van der Waals surface area contributed by atoms with Crippen molar-refractivity contribution in [3.63, 3.8) is 0 Å². The van der Waals surface area contributed by atoms with Gasteiger partial charge in [0, 0.05) is 53.9 Å². The van der Waals surface area contributed by atoms with Crippen molar-refractivity contribution in [2.45, 2.75) is 44.7 Å². The fourth-order valence-corrected chi connectivity index (χ4v) is 6.56. The van der Waals surface area contributed by atoms with Crippen molar-refractivity contribution in [2.75, 3.05) is 47.9 Å². The number of carbonyl (C=O) groups is 2. The fourth-order valence-electron chi connectivity index (χ4n) is 6.34. The van der Waals surface area contributed by atoms with Crippen LogP contribution in [-0.2, 0) is 9.53 Å². The summed E-state index contributed by atoms with van der Waals surface area (Å²) in [6.07, 6.45) is 7.55. The maximum atomic E-state index is 13.8. The molecule has 2 aliphatic heterocycles. The minimum Gasteiger partial charge on any atom is -0.460 e. The second-order valence-corrected chi connectivity index (χ2v) is 12.9. The van der Waals surface area contributed by atoms with Crippen molar-refractivity contribution in [2.24, 2.45) is 5.73 Å². The lowest BCUT2D eigenvalue weighted by atomic mass is 9.98. The molecule has 0 radical (unpaired) electrons. The zero-order valence-corrected chi connectivity index (χ0v) is 29.0. The number of hydrogen-bond donors (Lipinski definition) is 3. The minimum absolute atomic E-state index is 0.0125.